The summed E-state index contributed by atoms with van der Waals surface area (Å²) in [7, 11) is 0. The number of likely N-dealkylation sites (tertiary alicyclic amines) is 1. The first kappa shape index (κ1) is 10.7. The third kappa shape index (κ3) is 2.07. The van der Waals surface area contributed by atoms with Crippen molar-refractivity contribution < 1.29 is 9.90 Å². The third-order valence-corrected chi connectivity index (χ3v) is 3.87. The van der Waals surface area contributed by atoms with Gasteiger partial charge in [-0.15, -0.1) is 6.58 Å². The first-order chi connectivity index (χ1) is 7.22. The van der Waals surface area contributed by atoms with Crippen LogP contribution in [0, 0.1) is 11.8 Å². The summed E-state index contributed by atoms with van der Waals surface area (Å²) < 4.78 is 0. The molecule has 1 aliphatic carbocycles. The van der Waals surface area contributed by atoms with Crippen molar-refractivity contribution in [3.63, 3.8) is 0 Å². The van der Waals surface area contributed by atoms with Crippen LogP contribution in [-0.2, 0) is 4.79 Å². The van der Waals surface area contributed by atoms with Crippen LogP contribution >= 0.6 is 0 Å². The Bertz CT molecular complexity index is 250. The Labute approximate surface area is 90.8 Å². The van der Waals surface area contributed by atoms with E-state index in [2.05, 4.69) is 11.5 Å². The van der Waals surface area contributed by atoms with Crippen molar-refractivity contribution in [1.29, 1.82) is 0 Å². The van der Waals surface area contributed by atoms with Gasteiger partial charge in [-0.25, -0.2) is 0 Å². The molecule has 0 aromatic heterocycles. The molecule has 2 aliphatic rings. The summed E-state index contributed by atoms with van der Waals surface area (Å²) in [6, 6.07) is -0.476. The lowest BCUT2D eigenvalue weighted by Crippen LogP contribution is -2.38. The molecule has 1 aliphatic heterocycles. The number of carboxylic acid groups (broad SMARTS) is 1. The molecule has 0 aromatic carbocycles. The van der Waals surface area contributed by atoms with Crippen molar-refractivity contribution in [2.24, 2.45) is 11.8 Å². The minimum Gasteiger partial charge on any atom is -0.480 e. The summed E-state index contributed by atoms with van der Waals surface area (Å²) in [5.41, 5.74) is 0. The molecule has 1 unspecified atom stereocenters. The fourth-order valence-corrected chi connectivity index (χ4v) is 3.08. The van der Waals surface area contributed by atoms with E-state index in [1.54, 1.807) is 6.08 Å². The molecular formula is C12H19NO2. The molecule has 2 rings (SSSR count). The smallest absolute Gasteiger partial charge is 0.324 e. The molecular weight excluding hydrogens is 190 g/mol. The topological polar surface area (TPSA) is 40.5 Å². The van der Waals surface area contributed by atoms with Gasteiger partial charge in [0.15, 0.2) is 0 Å². The molecule has 0 bridgehead atoms. The Balaban J connectivity index is 2.01. The van der Waals surface area contributed by atoms with Crippen LogP contribution in [-0.4, -0.2) is 35.1 Å². The van der Waals surface area contributed by atoms with Crippen molar-refractivity contribution in [2.45, 2.75) is 31.7 Å². The van der Waals surface area contributed by atoms with E-state index in [-0.39, 0.29) is 0 Å². The van der Waals surface area contributed by atoms with Crippen molar-refractivity contribution in [3.05, 3.63) is 12.7 Å². The number of fused-ring (bicyclic) bond motifs is 1. The predicted octanol–water partition coefficient (Wildman–Crippen LogP) is 1.75. The SMILES string of the molecule is C=CC(C(=O)O)N1C[C@H]2CCCC[C@H]2C1. The van der Waals surface area contributed by atoms with Gasteiger partial charge in [0.25, 0.3) is 0 Å². The lowest BCUT2D eigenvalue weighted by Gasteiger charge is -2.23. The van der Waals surface area contributed by atoms with Gasteiger partial charge in [-0.2, -0.15) is 0 Å². The molecule has 2 fully saturated rings. The van der Waals surface area contributed by atoms with E-state index in [4.69, 9.17) is 5.11 Å². The number of nitrogens with zero attached hydrogens (tertiary/aromatic N) is 1. The van der Waals surface area contributed by atoms with Gasteiger partial charge in [0.1, 0.15) is 6.04 Å². The van der Waals surface area contributed by atoms with Gasteiger partial charge < -0.3 is 5.11 Å². The van der Waals surface area contributed by atoms with Crippen molar-refractivity contribution >= 4 is 5.97 Å². The molecule has 1 saturated carbocycles. The summed E-state index contributed by atoms with van der Waals surface area (Å²) in [4.78, 5) is 13.1. The molecule has 3 heteroatoms. The Kier molecular flexibility index (Phi) is 3.10. The van der Waals surface area contributed by atoms with Crippen LogP contribution in [0.5, 0.6) is 0 Å². The second-order valence-electron chi connectivity index (χ2n) is 4.78. The number of carboxylic acids is 1. The van der Waals surface area contributed by atoms with Gasteiger partial charge in [0.05, 0.1) is 0 Å². The summed E-state index contributed by atoms with van der Waals surface area (Å²) >= 11 is 0. The summed E-state index contributed by atoms with van der Waals surface area (Å²) in [5, 5.41) is 9.05. The molecule has 1 N–H and O–H groups in total. The predicted molar refractivity (Wildman–Crippen MR) is 58.6 cm³/mol. The Hall–Kier alpha value is -0.830. The maximum Gasteiger partial charge on any atom is 0.324 e. The summed E-state index contributed by atoms with van der Waals surface area (Å²) in [5.74, 6) is 0.713. The van der Waals surface area contributed by atoms with E-state index in [9.17, 15) is 4.79 Å². The first-order valence-corrected chi connectivity index (χ1v) is 5.81. The molecule has 3 atom stereocenters. The number of hydrogen-bond donors (Lipinski definition) is 1. The van der Waals surface area contributed by atoms with E-state index in [1.165, 1.54) is 25.7 Å². The van der Waals surface area contributed by atoms with E-state index >= 15 is 0 Å². The van der Waals surface area contributed by atoms with Gasteiger partial charge in [-0.1, -0.05) is 18.9 Å². The zero-order valence-corrected chi connectivity index (χ0v) is 9.06. The molecule has 0 radical (unpaired) electrons. The van der Waals surface area contributed by atoms with Gasteiger partial charge in [0, 0.05) is 13.1 Å². The number of hydrogen-bond acceptors (Lipinski definition) is 2. The Morgan fingerprint density at radius 3 is 2.27 bits per heavy atom. The summed E-state index contributed by atoms with van der Waals surface area (Å²) in [6.45, 7) is 5.53. The quantitative estimate of drug-likeness (QED) is 0.720. The average Bonchev–Trinajstić information content (AvgIpc) is 2.61. The standard InChI is InChI=1S/C12H19NO2/c1-2-11(12(14)15)13-7-9-5-3-4-6-10(9)8-13/h2,9-11H,1,3-8H2,(H,14,15)/t9-,10+,11?. The van der Waals surface area contributed by atoms with Crippen molar-refractivity contribution in [2.75, 3.05) is 13.1 Å². The van der Waals surface area contributed by atoms with Crippen molar-refractivity contribution in [3.8, 4) is 0 Å². The second kappa shape index (κ2) is 4.35. The van der Waals surface area contributed by atoms with Gasteiger partial charge in [-0.05, 0) is 24.7 Å². The number of rotatable bonds is 3. The molecule has 0 spiro atoms. The number of aliphatic carboxylic acids is 1. The normalized spacial score (nSPS) is 33.3. The van der Waals surface area contributed by atoms with Crippen molar-refractivity contribution in [1.82, 2.24) is 4.90 Å². The van der Waals surface area contributed by atoms with Crippen LogP contribution in [0.2, 0.25) is 0 Å². The highest BCUT2D eigenvalue weighted by molar-refractivity contribution is 5.75. The monoisotopic (exact) mass is 209 g/mol. The zero-order valence-electron chi connectivity index (χ0n) is 9.06. The Morgan fingerprint density at radius 2 is 1.87 bits per heavy atom. The molecule has 1 heterocycles. The highest BCUT2D eigenvalue weighted by Gasteiger charge is 2.38. The van der Waals surface area contributed by atoms with Crippen LogP contribution in [0.4, 0.5) is 0 Å². The number of carbonyl (C=O) groups is 1. The molecule has 3 nitrogen and oxygen atoms in total. The Morgan fingerprint density at radius 1 is 1.33 bits per heavy atom. The van der Waals surface area contributed by atoms with Gasteiger partial charge in [-0.3, -0.25) is 9.69 Å². The fraction of sp³-hybridized carbons (Fsp3) is 0.750. The van der Waals surface area contributed by atoms with E-state index in [1.807, 2.05) is 0 Å². The van der Waals surface area contributed by atoms with Crippen LogP contribution < -0.4 is 0 Å². The van der Waals surface area contributed by atoms with E-state index in [0.717, 1.165) is 24.9 Å². The van der Waals surface area contributed by atoms with Crippen LogP contribution in [0.3, 0.4) is 0 Å². The molecule has 84 valence electrons. The van der Waals surface area contributed by atoms with E-state index in [0.29, 0.717) is 0 Å². The minimum absolute atomic E-state index is 0.476. The largest absolute Gasteiger partial charge is 0.480 e. The summed E-state index contributed by atoms with van der Waals surface area (Å²) in [6.07, 6.45) is 6.76. The average molecular weight is 209 g/mol. The highest BCUT2D eigenvalue weighted by Crippen LogP contribution is 2.36. The second-order valence-corrected chi connectivity index (χ2v) is 4.78. The zero-order chi connectivity index (χ0) is 10.8. The lowest BCUT2D eigenvalue weighted by atomic mass is 9.82. The fourth-order valence-electron chi connectivity index (χ4n) is 3.08. The van der Waals surface area contributed by atoms with Crippen LogP contribution in [0.1, 0.15) is 25.7 Å². The van der Waals surface area contributed by atoms with E-state index < -0.39 is 12.0 Å². The first-order valence-electron chi connectivity index (χ1n) is 5.81. The van der Waals surface area contributed by atoms with Gasteiger partial charge >= 0.3 is 5.97 Å². The van der Waals surface area contributed by atoms with Crippen LogP contribution in [0.25, 0.3) is 0 Å². The maximum atomic E-state index is 11.0. The minimum atomic E-state index is -0.761. The highest BCUT2D eigenvalue weighted by atomic mass is 16.4. The third-order valence-electron chi connectivity index (χ3n) is 3.87. The van der Waals surface area contributed by atoms with Gasteiger partial charge in [0.2, 0.25) is 0 Å². The lowest BCUT2D eigenvalue weighted by molar-refractivity contribution is -0.141. The molecule has 1 saturated heterocycles. The maximum absolute atomic E-state index is 11.0. The van der Waals surface area contributed by atoms with Crippen LogP contribution in [0.15, 0.2) is 12.7 Å². The molecule has 0 amide bonds. The molecule has 0 aromatic rings. The molecule has 15 heavy (non-hydrogen) atoms.